The number of nitrogens with one attached hydrogen (secondary N) is 2. The van der Waals surface area contributed by atoms with Gasteiger partial charge >= 0.3 is 0 Å². The maximum Gasteiger partial charge on any atom is 0.279 e. The zero-order chi connectivity index (χ0) is 19.8. The van der Waals surface area contributed by atoms with Crippen LogP contribution >= 0.6 is 0 Å². The number of Topliss-reactive ketones (excluding diaryl/α,β-unsaturated/α-hetero) is 2. The van der Waals surface area contributed by atoms with Crippen molar-refractivity contribution in [3.05, 3.63) is 59.7 Å². The Morgan fingerprint density at radius 3 is 2.26 bits per heavy atom. The summed E-state index contributed by atoms with van der Waals surface area (Å²) in [6, 6.07) is 13.6. The number of ketones is 2. The second kappa shape index (κ2) is 9.40. The summed E-state index contributed by atoms with van der Waals surface area (Å²) in [7, 11) is 0. The third kappa shape index (κ3) is 5.58. The Balaban J connectivity index is 2.16. The summed E-state index contributed by atoms with van der Waals surface area (Å²) < 4.78 is 0. The smallest absolute Gasteiger partial charge is 0.279 e. The van der Waals surface area contributed by atoms with Crippen LogP contribution in [0.15, 0.2) is 53.6 Å². The zero-order valence-electron chi connectivity index (χ0n) is 15.2. The summed E-state index contributed by atoms with van der Waals surface area (Å²) in [6.07, 6.45) is 0.522. The van der Waals surface area contributed by atoms with Crippen molar-refractivity contribution in [2.45, 2.75) is 20.3 Å². The Morgan fingerprint density at radius 1 is 1.00 bits per heavy atom. The molecule has 0 aliphatic heterocycles. The van der Waals surface area contributed by atoms with Crippen LogP contribution in [0.2, 0.25) is 0 Å². The highest BCUT2D eigenvalue weighted by atomic mass is 16.3. The standard InChI is InChI=1S/C20H21N3O4/c1-13(25)17-5-3-4-6-18(17)22-23-19(14(2)26)20(27)21-16-9-7-15(8-10-16)11-12-24/h3-10,22,24H,11-12H2,1-2H3,(H,21,27)/b23-19-. The monoisotopic (exact) mass is 367 g/mol. The fourth-order valence-electron chi connectivity index (χ4n) is 2.37. The summed E-state index contributed by atoms with van der Waals surface area (Å²) in [6.45, 7) is 2.70. The first kappa shape index (κ1) is 20.0. The van der Waals surface area contributed by atoms with Crippen molar-refractivity contribution in [3.8, 4) is 0 Å². The lowest BCUT2D eigenvalue weighted by atomic mass is 10.1. The lowest BCUT2D eigenvalue weighted by Gasteiger charge is -2.09. The number of amides is 1. The van der Waals surface area contributed by atoms with Crippen LogP contribution in [-0.2, 0) is 16.0 Å². The number of hydrogen-bond donors (Lipinski definition) is 3. The molecule has 0 fully saturated rings. The third-order valence-electron chi connectivity index (χ3n) is 3.76. The van der Waals surface area contributed by atoms with Gasteiger partial charge in [0, 0.05) is 24.8 Å². The van der Waals surface area contributed by atoms with Gasteiger partial charge in [-0.2, -0.15) is 5.10 Å². The zero-order valence-corrected chi connectivity index (χ0v) is 15.2. The molecule has 0 aliphatic rings. The Labute approximate surface area is 157 Å². The minimum atomic E-state index is -0.662. The molecule has 27 heavy (non-hydrogen) atoms. The second-order valence-electron chi connectivity index (χ2n) is 5.85. The van der Waals surface area contributed by atoms with Gasteiger partial charge in [-0.05, 0) is 43.2 Å². The molecule has 2 rings (SSSR count). The molecule has 0 atom stereocenters. The van der Waals surface area contributed by atoms with Crippen molar-refractivity contribution in [3.63, 3.8) is 0 Å². The van der Waals surface area contributed by atoms with E-state index in [4.69, 9.17) is 5.11 Å². The summed E-state index contributed by atoms with van der Waals surface area (Å²) in [5.74, 6) is -1.34. The molecule has 0 saturated heterocycles. The van der Waals surface area contributed by atoms with Crippen LogP contribution in [0, 0.1) is 0 Å². The number of hydrazone groups is 1. The average molecular weight is 367 g/mol. The molecule has 7 heteroatoms. The van der Waals surface area contributed by atoms with Crippen LogP contribution in [0.3, 0.4) is 0 Å². The topological polar surface area (TPSA) is 108 Å². The van der Waals surface area contributed by atoms with Crippen LogP contribution in [0.5, 0.6) is 0 Å². The highest BCUT2D eigenvalue weighted by Crippen LogP contribution is 2.16. The average Bonchev–Trinajstić information content (AvgIpc) is 2.63. The highest BCUT2D eigenvalue weighted by molar-refractivity contribution is 6.67. The van der Waals surface area contributed by atoms with Crippen LogP contribution in [0.25, 0.3) is 0 Å². The number of carbonyl (C=O) groups excluding carboxylic acids is 3. The minimum Gasteiger partial charge on any atom is -0.396 e. The number of para-hydroxylation sites is 1. The summed E-state index contributed by atoms with van der Waals surface area (Å²) in [5, 5.41) is 15.4. The predicted octanol–water partition coefficient (Wildman–Crippen LogP) is 2.42. The van der Waals surface area contributed by atoms with Crippen LogP contribution in [-0.4, -0.2) is 34.9 Å². The molecule has 140 valence electrons. The van der Waals surface area contributed by atoms with E-state index in [1.807, 2.05) is 0 Å². The molecular formula is C20H21N3O4. The first-order valence-electron chi connectivity index (χ1n) is 8.38. The predicted molar refractivity (Wildman–Crippen MR) is 104 cm³/mol. The summed E-state index contributed by atoms with van der Waals surface area (Å²) >= 11 is 0. The van der Waals surface area contributed by atoms with Crippen molar-refractivity contribution >= 4 is 34.6 Å². The van der Waals surface area contributed by atoms with E-state index in [1.165, 1.54) is 13.8 Å². The van der Waals surface area contributed by atoms with Crippen molar-refractivity contribution in [1.29, 1.82) is 0 Å². The van der Waals surface area contributed by atoms with E-state index in [-0.39, 0.29) is 18.1 Å². The van der Waals surface area contributed by atoms with E-state index in [9.17, 15) is 14.4 Å². The highest BCUT2D eigenvalue weighted by Gasteiger charge is 2.17. The molecule has 0 aliphatic carbocycles. The van der Waals surface area contributed by atoms with Gasteiger partial charge in [0.2, 0.25) is 0 Å². The van der Waals surface area contributed by atoms with E-state index < -0.39 is 11.7 Å². The first-order valence-corrected chi connectivity index (χ1v) is 8.38. The quantitative estimate of drug-likeness (QED) is 0.287. The van der Waals surface area contributed by atoms with Crippen LogP contribution < -0.4 is 10.7 Å². The van der Waals surface area contributed by atoms with Gasteiger partial charge in [-0.1, -0.05) is 24.3 Å². The van der Waals surface area contributed by atoms with Crippen LogP contribution in [0.4, 0.5) is 11.4 Å². The number of anilines is 2. The largest absolute Gasteiger partial charge is 0.396 e. The van der Waals surface area contributed by atoms with Gasteiger partial charge in [-0.25, -0.2) is 0 Å². The molecule has 2 aromatic carbocycles. The molecule has 0 bridgehead atoms. The number of benzene rings is 2. The normalized spacial score (nSPS) is 11.0. The Kier molecular flexibility index (Phi) is 6.96. The van der Waals surface area contributed by atoms with E-state index in [0.717, 1.165) is 5.56 Å². The van der Waals surface area contributed by atoms with Gasteiger partial charge < -0.3 is 10.4 Å². The first-order chi connectivity index (χ1) is 12.9. The van der Waals surface area contributed by atoms with Gasteiger partial charge in [0.15, 0.2) is 17.3 Å². The Bertz CT molecular complexity index is 873. The van der Waals surface area contributed by atoms with E-state index in [0.29, 0.717) is 23.4 Å². The maximum absolute atomic E-state index is 12.4. The summed E-state index contributed by atoms with van der Waals surface area (Å²) in [4.78, 5) is 35.9. The molecule has 3 N–H and O–H groups in total. The second-order valence-corrected chi connectivity index (χ2v) is 5.85. The van der Waals surface area contributed by atoms with Crippen molar-refractivity contribution in [1.82, 2.24) is 0 Å². The number of nitrogens with zero attached hydrogens (tertiary/aromatic N) is 1. The van der Waals surface area contributed by atoms with Gasteiger partial charge in [-0.15, -0.1) is 0 Å². The molecule has 0 unspecified atom stereocenters. The number of carbonyl (C=O) groups is 3. The number of aliphatic hydroxyl groups is 1. The van der Waals surface area contributed by atoms with Crippen molar-refractivity contribution < 1.29 is 19.5 Å². The lowest BCUT2D eigenvalue weighted by Crippen LogP contribution is -2.29. The number of rotatable bonds is 8. The molecule has 7 nitrogen and oxygen atoms in total. The number of hydrogen-bond acceptors (Lipinski definition) is 6. The van der Waals surface area contributed by atoms with E-state index in [1.54, 1.807) is 48.5 Å². The molecule has 0 saturated carbocycles. The number of aliphatic hydroxyl groups excluding tert-OH is 1. The maximum atomic E-state index is 12.4. The van der Waals surface area contributed by atoms with Gasteiger partial charge in [0.25, 0.3) is 5.91 Å². The molecular weight excluding hydrogens is 346 g/mol. The van der Waals surface area contributed by atoms with E-state index >= 15 is 0 Å². The molecule has 0 radical (unpaired) electrons. The molecule has 0 heterocycles. The van der Waals surface area contributed by atoms with E-state index in [2.05, 4.69) is 15.8 Å². The SMILES string of the molecule is CC(=O)/C(=N/Nc1ccccc1C(C)=O)C(=O)Nc1ccc(CCO)cc1. The molecule has 0 aromatic heterocycles. The van der Waals surface area contributed by atoms with Gasteiger partial charge in [0.1, 0.15) is 0 Å². The molecule has 0 spiro atoms. The Morgan fingerprint density at radius 2 is 1.67 bits per heavy atom. The van der Waals surface area contributed by atoms with Gasteiger partial charge in [-0.3, -0.25) is 19.8 Å². The Hall–Kier alpha value is -3.32. The molecule has 1 amide bonds. The third-order valence-corrected chi connectivity index (χ3v) is 3.76. The van der Waals surface area contributed by atoms with Crippen LogP contribution in [0.1, 0.15) is 29.8 Å². The van der Waals surface area contributed by atoms with Crippen molar-refractivity contribution in [2.24, 2.45) is 5.10 Å². The fourth-order valence-corrected chi connectivity index (χ4v) is 2.37. The minimum absolute atomic E-state index is 0.0419. The molecule has 2 aromatic rings. The van der Waals surface area contributed by atoms with Gasteiger partial charge in [0.05, 0.1) is 5.69 Å². The lowest BCUT2D eigenvalue weighted by molar-refractivity contribution is -0.114. The fraction of sp³-hybridized carbons (Fsp3) is 0.200. The summed E-state index contributed by atoms with van der Waals surface area (Å²) in [5.41, 5.74) is 4.56. The van der Waals surface area contributed by atoms with Crippen molar-refractivity contribution in [2.75, 3.05) is 17.3 Å².